The van der Waals surface area contributed by atoms with E-state index in [0.29, 0.717) is 11.1 Å². The van der Waals surface area contributed by atoms with Crippen molar-refractivity contribution in [3.63, 3.8) is 0 Å². The molecular formula is C14H27ClN6. The van der Waals surface area contributed by atoms with E-state index in [2.05, 4.69) is 41.3 Å². The number of halogens is 1. The van der Waals surface area contributed by atoms with Crippen LogP contribution < -0.4 is 11.3 Å². The van der Waals surface area contributed by atoms with Gasteiger partial charge in [-0.05, 0) is 26.9 Å². The van der Waals surface area contributed by atoms with Crippen LogP contribution in [0.15, 0.2) is 6.20 Å². The van der Waals surface area contributed by atoms with Gasteiger partial charge < -0.3 is 9.80 Å². The van der Waals surface area contributed by atoms with E-state index in [-0.39, 0.29) is 6.04 Å². The molecule has 1 saturated heterocycles. The minimum absolute atomic E-state index is 0.0190. The van der Waals surface area contributed by atoms with Crippen molar-refractivity contribution in [1.82, 2.24) is 25.0 Å². The predicted molar refractivity (Wildman–Crippen MR) is 86.1 cm³/mol. The zero-order valence-corrected chi connectivity index (χ0v) is 14.0. The van der Waals surface area contributed by atoms with Crippen molar-refractivity contribution in [2.75, 3.05) is 33.7 Å². The maximum atomic E-state index is 6.33. The predicted octanol–water partition coefficient (Wildman–Crippen LogP) is 1.09. The Morgan fingerprint density at radius 3 is 2.90 bits per heavy atom. The highest BCUT2D eigenvalue weighted by Crippen LogP contribution is 2.27. The fraction of sp³-hybridized carbons (Fsp3) is 0.786. The van der Waals surface area contributed by atoms with Gasteiger partial charge in [-0.1, -0.05) is 18.5 Å². The van der Waals surface area contributed by atoms with Gasteiger partial charge in [0.1, 0.15) is 0 Å². The average molecular weight is 315 g/mol. The third-order valence-corrected chi connectivity index (χ3v) is 4.58. The standard InChI is InChI=1S/C14H27ClN6/c1-4-5-21-14(12(15)9-17-21)13(18-16)8-11-10-19(2)6-7-20(11)3/h9,11,13,18H,4-8,10,16H2,1-3H3. The average Bonchev–Trinajstić information content (AvgIpc) is 2.81. The minimum Gasteiger partial charge on any atom is -0.304 e. The first-order chi connectivity index (χ1) is 10.1. The van der Waals surface area contributed by atoms with E-state index >= 15 is 0 Å². The lowest BCUT2D eigenvalue weighted by Gasteiger charge is -2.39. The first-order valence-electron chi connectivity index (χ1n) is 7.62. The Hall–Kier alpha value is -0.660. The van der Waals surface area contributed by atoms with E-state index in [0.717, 1.165) is 44.7 Å². The van der Waals surface area contributed by atoms with Gasteiger partial charge in [0.05, 0.1) is 23.0 Å². The normalized spacial score (nSPS) is 22.6. The van der Waals surface area contributed by atoms with E-state index in [9.17, 15) is 0 Å². The first-order valence-corrected chi connectivity index (χ1v) is 8.00. The molecule has 0 radical (unpaired) electrons. The van der Waals surface area contributed by atoms with Crippen LogP contribution in [0.1, 0.15) is 31.5 Å². The largest absolute Gasteiger partial charge is 0.304 e. The second kappa shape index (κ2) is 7.56. The molecule has 2 atom stereocenters. The summed E-state index contributed by atoms with van der Waals surface area (Å²) < 4.78 is 1.97. The highest BCUT2D eigenvalue weighted by molar-refractivity contribution is 6.31. The second-order valence-electron chi connectivity index (χ2n) is 5.95. The third kappa shape index (κ3) is 3.96. The Labute approximate surface area is 132 Å². The number of likely N-dealkylation sites (N-methyl/N-ethyl adjacent to an activating group) is 2. The number of nitrogens with two attached hydrogens (primary N) is 1. The van der Waals surface area contributed by atoms with Gasteiger partial charge in [0.15, 0.2) is 0 Å². The van der Waals surface area contributed by atoms with E-state index in [4.69, 9.17) is 17.4 Å². The summed E-state index contributed by atoms with van der Waals surface area (Å²) in [7, 11) is 4.34. The van der Waals surface area contributed by atoms with Gasteiger partial charge in [0.2, 0.25) is 0 Å². The van der Waals surface area contributed by atoms with Crippen molar-refractivity contribution < 1.29 is 0 Å². The molecule has 1 aromatic heterocycles. The molecule has 0 amide bonds. The zero-order valence-electron chi connectivity index (χ0n) is 13.2. The second-order valence-corrected chi connectivity index (χ2v) is 6.36. The fourth-order valence-electron chi connectivity index (χ4n) is 2.99. The summed E-state index contributed by atoms with van der Waals surface area (Å²) in [4.78, 5) is 4.77. The lowest BCUT2D eigenvalue weighted by Crippen LogP contribution is -2.51. The Morgan fingerprint density at radius 2 is 2.24 bits per heavy atom. The summed E-state index contributed by atoms with van der Waals surface area (Å²) in [6.07, 6.45) is 3.66. The quantitative estimate of drug-likeness (QED) is 0.608. The smallest absolute Gasteiger partial charge is 0.0834 e. The summed E-state index contributed by atoms with van der Waals surface area (Å²) in [6.45, 7) is 6.24. The molecule has 6 nitrogen and oxygen atoms in total. The molecule has 1 aliphatic heterocycles. The molecular weight excluding hydrogens is 288 g/mol. The lowest BCUT2D eigenvalue weighted by molar-refractivity contribution is 0.100. The van der Waals surface area contributed by atoms with Gasteiger partial charge >= 0.3 is 0 Å². The highest BCUT2D eigenvalue weighted by Gasteiger charge is 2.28. The Kier molecular flexibility index (Phi) is 6.01. The fourth-order valence-corrected chi connectivity index (χ4v) is 3.27. The monoisotopic (exact) mass is 314 g/mol. The molecule has 1 aliphatic rings. The maximum absolute atomic E-state index is 6.33. The molecule has 7 heteroatoms. The van der Waals surface area contributed by atoms with Crippen LogP contribution in [-0.4, -0.2) is 59.4 Å². The number of piperazine rings is 1. The molecule has 3 N–H and O–H groups in total. The van der Waals surface area contributed by atoms with E-state index in [1.54, 1.807) is 6.20 Å². The zero-order chi connectivity index (χ0) is 15.4. The van der Waals surface area contributed by atoms with Crippen LogP contribution in [-0.2, 0) is 6.54 Å². The number of hydrogen-bond donors (Lipinski definition) is 2. The van der Waals surface area contributed by atoms with Gasteiger partial charge in [-0.2, -0.15) is 5.10 Å². The maximum Gasteiger partial charge on any atom is 0.0834 e. The SMILES string of the molecule is CCCn1ncc(Cl)c1C(CC1CN(C)CCN1C)NN. The number of aromatic nitrogens is 2. The number of rotatable bonds is 6. The van der Waals surface area contributed by atoms with E-state index in [1.165, 1.54) is 0 Å². The van der Waals surface area contributed by atoms with Crippen LogP contribution in [0.4, 0.5) is 0 Å². The molecule has 2 heterocycles. The van der Waals surface area contributed by atoms with Crippen LogP contribution in [0, 0.1) is 0 Å². The van der Waals surface area contributed by atoms with Gasteiger partial charge in [-0.25, -0.2) is 0 Å². The molecule has 2 rings (SSSR count). The molecule has 120 valence electrons. The van der Waals surface area contributed by atoms with Crippen molar-refractivity contribution >= 4 is 11.6 Å². The lowest BCUT2D eigenvalue weighted by atomic mass is 10.0. The van der Waals surface area contributed by atoms with Crippen LogP contribution >= 0.6 is 11.6 Å². The molecule has 0 spiro atoms. The minimum atomic E-state index is 0.0190. The van der Waals surface area contributed by atoms with Crippen molar-refractivity contribution in [3.05, 3.63) is 16.9 Å². The Morgan fingerprint density at radius 1 is 1.48 bits per heavy atom. The molecule has 1 fully saturated rings. The van der Waals surface area contributed by atoms with Crippen LogP contribution in [0.5, 0.6) is 0 Å². The molecule has 0 aromatic carbocycles. The molecule has 1 aromatic rings. The topological polar surface area (TPSA) is 62.4 Å². The molecule has 0 aliphatic carbocycles. The van der Waals surface area contributed by atoms with E-state index < -0.39 is 0 Å². The first kappa shape index (κ1) is 16.7. The number of hydrazine groups is 1. The number of aryl methyl sites for hydroxylation is 1. The third-order valence-electron chi connectivity index (χ3n) is 4.29. The number of nitrogens with zero attached hydrogens (tertiary/aromatic N) is 4. The number of hydrogen-bond acceptors (Lipinski definition) is 5. The van der Waals surface area contributed by atoms with Crippen molar-refractivity contribution in [3.8, 4) is 0 Å². The molecule has 0 bridgehead atoms. The van der Waals surface area contributed by atoms with Crippen molar-refractivity contribution in [1.29, 1.82) is 0 Å². The van der Waals surface area contributed by atoms with Gasteiger partial charge in [-0.3, -0.25) is 16.0 Å². The molecule has 2 unspecified atom stereocenters. The van der Waals surface area contributed by atoms with Gasteiger partial charge in [0, 0.05) is 32.2 Å². The van der Waals surface area contributed by atoms with Crippen LogP contribution in [0.25, 0.3) is 0 Å². The van der Waals surface area contributed by atoms with Crippen LogP contribution in [0.3, 0.4) is 0 Å². The summed E-state index contributed by atoms with van der Waals surface area (Å²) in [5, 5.41) is 5.06. The summed E-state index contributed by atoms with van der Waals surface area (Å²) in [5.74, 6) is 5.81. The van der Waals surface area contributed by atoms with Crippen LogP contribution in [0.2, 0.25) is 5.02 Å². The van der Waals surface area contributed by atoms with Crippen molar-refractivity contribution in [2.24, 2.45) is 5.84 Å². The number of nitrogens with one attached hydrogen (secondary N) is 1. The molecule has 0 saturated carbocycles. The van der Waals surface area contributed by atoms with Gasteiger partial charge in [-0.15, -0.1) is 0 Å². The Bertz CT molecular complexity index is 449. The van der Waals surface area contributed by atoms with E-state index in [1.807, 2.05) is 4.68 Å². The molecule has 21 heavy (non-hydrogen) atoms. The summed E-state index contributed by atoms with van der Waals surface area (Å²) in [5.41, 5.74) is 3.94. The Balaban J connectivity index is 2.14. The van der Waals surface area contributed by atoms with Crippen molar-refractivity contribution in [2.45, 2.75) is 38.4 Å². The summed E-state index contributed by atoms with van der Waals surface area (Å²) >= 11 is 6.33. The summed E-state index contributed by atoms with van der Waals surface area (Å²) in [6, 6.07) is 0.483. The highest BCUT2D eigenvalue weighted by atomic mass is 35.5. The van der Waals surface area contributed by atoms with Gasteiger partial charge in [0.25, 0.3) is 0 Å².